The summed E-state index contributed by atoms with van der Waals surface area (Å²) < 4.78 is 32.7. The van der Waals surface area contributed by atoms with E-state index < -0.39 is 18.5 Å². The second-order valence-corrected chi connectivity index (χ2v) is 5.72. The molecule has 2 aromatic rings. The largest absolute Gasteiger partial charge is 0.490 e. The minimum absolute atomic E-state index is 0. The Balaban J connectivity index is 0.00000288. The number of halogens is 3. The van der Waals surface area contributed by atoms with E-state index in [2.05, 4.69) is 28.6 Å². The number of rotatable bonds is 6. The van der Waals surface area contributed by atoms with Crippen molar-refractivity contribution in [3.05, 3.63) is 63.4 Å². The first-order valence-electron chi connectivity index (χ1n) is 6.88. The molecule has 0 aliphatic carbocycles. The molecule has 0 aliphatic rings. The average Bonchev–Trinajstić information content (AvgIpc) is 2.50. The van der Waals surface area contributed by atoms with Crippen molar-refractivity contribution in [3.63, 3.8) is 0 Å². The molecule has 1 aromatic carbocycles. The standard InChI is InChI=1S/C17H15BrF2NO2.Y/c1-3-8-23-12-5-6-13(14(18)9-12)15-7-4-11(2)17(22)21(15)10-16(19)20;/h3-6,9,16H,1,8,10H2,2H3;/q-1;. The van der Waals surface area contributed by atoms with Crippen LogP contribution >= 0.6 is 15.9 Å². The van der Waals surface area contributed by atoms with Gasteiger partial charge in [-0.15, -0.1) is 6.07 Å². The summed E-state index contributed by atoms with van der Waals surface area (Å²) in [5.74, 6) is 0.607. The van der Waals surface area contributed by atoms with Gasteiger partial charge in [-0.1, -0.05) is 52.3 Å². The Bertz CT molecular complexity index is 778. The molecule has 0 atom stereocenters. The minimum atomic E-state index is -2.63. The van der Waals surface area contributed by atoms with Crippen molar-refractivity contribution in [3.8, 4) is 17.0 Å². The first kappa shape index (κ1) is 21.2. The van der Waals surface area contributed by atoms with Crippen LogP contribution in [-0.4, -0.2) is 17.6 Å². The van der Waals surface area contributed by atoms with Crippen LogP contribution in [0, 0.1) is 13.0 Å². The molecule has 24 heavy (non-hydrogen) atoms. The van der Waals surface area contributed by atoms with Gasteiger partial charge >= 0.3 is 0 Å². The normalized spacial score (nSPS) is 10.4. The van der Waals surface area contributed by atoms with E-state index in [9.17, 15) is 13.6 Å². The number of benzene rings is 1. The van der Waals surface area contributed by atoms with E-state index in [1.54, 1.807) is 31.2 Å². The van der Waals surface area contributed by atoms with E-state index in [4.69, 9.17) is 4.74 Å². The fourth-order valence-corrected chi connectivity index (χ4v) is 2.64. The molecule has 1 heterocycles. The topological polar surface area (TPSA) is 31.2 Å². The van der Waals surface area contributed by atoms with Crippen molar-refractivity contribution in [2.75, 3.05) is 6.61 Å². The Morgan fingerprint density at radius 1 is 1.46 bits per heavy atom. The number of hydrogen-bond donors (Lipinski definition) is 0. The van der Waals surface area contributed by atoms with Crippen LogP contribution in [-0.2, 0) is 39.3 Å². The summed E-state index contributed by atoms with van der Waals surface area (Å²) in [6.45, 7) is 4.83. The Hall–Kier alpha value is -0.846. The van der Waals surface area contributed by atoms with Gasteiger partial charge in [0.05, 0.1) is 6.54 Å². The number of nitrogens with zero attached hydrogens (tertiary/aromatic N) is 1. The summed E-state index contributed by atoms with van der Waals surface area (Å²) in [5, 5.41) is 0. The van der Waals surface area contributed by atoms with Crippen LogP contribution in [0.5, 0.6) is 5.75 Å². The molecule has 0 fully saturated rings. The molecule has 0 N–H and O–H groups in total. The van der Waals surface area contributed by atoms with E-state index >= 15 is 0 Å². The maximum atomic E-state index is 12.8. The summed E-state index contributed by atoms with van der Waals surface area (Å²) in [5.41, 5.74) is 0.825. The monoisotopic (exact) mass is 471 g/mol. The molecule has 1 radical (unpaired) electrons. The van der Waals surface area contributed by atoms with Crippen molar-refractivity contribution in [1.82, 2.24) is 4.57 Å². The van der Waals surface area contributed by atoms with Crippen LogP contribution in [0.4, 0.5) is 8.78 Å². The van der Waals surface area contributed by atoms with Crippen LogP contribution in [0.2, 0.25) is 0 Å². The van der Waals surface area contributed by atoms with Crippen molar-refractivity contribution >= 4 is 15.9 Å². The van der Waals surface area contributed by atoms with Crippen molar-refractivity contribution in [2.45, 2.75) is 19.9 Å². The van der Waals surface area contributed by atoms with E-state index in [-0.39, 0.29) is 32.7 Å². The van der Waals surface area contributed by atoms with Gasteiger partial charge in [0, 0.05) is 32.7 Å². The molecule has 2 rings (SSSR count). The molecule has 0 saturated carbocycles. The first-order valence-corrected chi connectivity index (χ1v) is 7.67. The van der Waals surface area contributed by atoms with Gasteiger partial charge in [0.1, 0.15) is 12.4 Å². The third-order valence-corrected chi connectivity index (χ3v) is 3.82. The van der Waals surface area contributed by atoms with Crippen LogP contribution in [0.25, 0.3) is 11.3 Å². The van der Waals surface area contributed by atoms with Gasteiger partial charge in [-0.05, 0) is 16.6 Å². The van der Waals surface area contributed by atoms with Gasteiger partial charge < -0.3 is 9.30 Å². The summed E-state index contributed by atoms with van der Waals surface area (Å²) in [6, 6.07) is 9.54. The number of ether oxygens (including phenoxy) is 1. The van der Waals surface area contributed by atoms with Gasteiger partial charge in [0.25, 0.3) is 6.43 Å². The predicted molar refractivity (Wildman–Crippen MR) is 89.1 cm³/mol. The molecule has 0 unspecified atom stereocenters. The van der Waals surface area contributed by atoms with Crippen LogP contribution < -0.4 is 10.3 Å². The third kappa shape index (κ3) is 5.07. The average molecular weight is 472 g/mol. The molecular weight excluding hydrogens is 457 g/mol. The molecule has 0 bridgehead atoms. The summed E-state index contributed by atoms with van der Waals surface area (Å²) >= 11 is 3.39. The summed E-state index contributed by atoms with van der Waals surface area (Å²) in [4.78, 5) is 12.2. The maximum Gasteiger partial charge on any atom is 0.256 e. The molecule has 0 spiro atoms. The number of alkyl halides is 2. The van der Waals surface area contributed by atoms with E-state index in [1.165, 1.54) is 6.07 Å². The smallest absolute Gasteiger partial charge is 0.256 e. The van der Waals surface area contributed by atoms with Gasteiger partial charge in [-0.3, -0.25) is 4.79 Å². The minimum Gasteiger partial charge on any atom is -0.490 e. The number of aryl methyl sites for hydroxylation is 1. The Kier molecular flexibility index (Phi) is 8.47. The van der Waals surface area contributed by atoms with Crippen LogP contribution in [0.1, 0.15) is 5.56 Å². The molecule has 3 nitrogen and oxygen atoms in total. The second-order valence-electron chi connectivity index (χ2n) is 4.87. The zero-order chi connectivity index (χ0) is 17.0. The molecule has 0 saturated heterocycles. The second kappa shape index (κ2) is 9.59. The number of hydrogen-bond acceptors (Lipinski definition) is 2. The Labute approximate surface area is 172 Å². The summed E-state index contributed by atoms with van der Waals surface area (Å²) in [7, 11) is 0. The fourth-order valence-electron chi connectivity index (χ4n) is 2.10. The molecule has 125 valence electrons. The SMILES string of the molecule is C=CCOc1ccc(-c2[c-]cc(C)c(=O)n2CC(F)F)c(Br)c1.[Y]. The molecule has 0 aliphatic heterocycles. The van der Waals surface area contributed by atoms with Gasteiger partial charge in [-0.2, -0.15) is 12.1 Å². The number of pyridine rings is 1. The molecular formula is C17H15BrF2NO2Y-. The molecule has 7 heteroatoms. The van der Waals surface area contributed by atoms with Crippen molar-refractivity contribution in [1.29, 1.82) is 0 Å². The van der Waals surface area contributed by atoms with E-state index in [0.29, 0.717) is 33.6 Å². The number of aromatic nitrogens is 1. The van der Waals surface area contributed by atoms with Crippen LogP contribution in [0.3, 0.4) is 0 Å². The Morgan fingerprint density at radius 3 is 2.75 bits per heavy atom. The van der Waals surface area contributed by atoms with Gasteiger partial charge in [0.2, 0.25) is 0 Å². The van der Waals surface area contributed by atoms with Gasteiger partial charge in [-0.25, -0.2) is 8.78 Å². The predicted octanol–water partition coefficient (Wildman–Crippen LogP) is 4.21. The third-order valence-electron chi connectivity index (χ3n) is 3.16. The molecule has 0 amide bonds. The Morgan fingerprint density at radius 2 is 2.17 bits per heavy atom. The molecule has 1 aromatic heterocycles. The fraction of sp³-hybridized carbons (Fsp3) is 0.235. The van der Waals surface area contributed by atoms with Crippen LogP contribution in [0.15, 0.2) is 46.2 Å². The van der Waals surface area contributed by atoms with Gasteiger partial charge in [0.15, 0.2) is 5.56 Å². The quantitative estimate of drug-likeness (QED) is 0.466. The first-order chi connectivity index (χ1) is 10.9. The van der Waals surface area contributed by atoms with Crippen molar-refractivity contribution < 1.29 is 46.2 Å². The zero-order valence-corrected chi connectivity index (χ0v) is 17.5. The maximum absolute atomic E-state index is 12.8. The van der Waals surface area contributed by atoms with E-state index in [0.717, 1.165) is 4.57 Å². The zero-order valence-electron chi connectivity index (χ0n) is 13.1. The van der Waals surface area contributed by atoms with Crippen molar-refractivity contribution in [2.24, 2.45) is 0 Å². The van der Waals surface area contributed by atoms with E-state index in [1.807, 2.05) is 0 Å². The summed E-state index contributed by atoms with van der Waals surface area (Å²) in [6.07, 6.45) is -1.01.